The topological polar surface area (TPSA) is 30.5 Å². The van der Waals surface area contributed by atoms with E-state index in [0.717, 1.165) is 24.2 Å². The standard InChI is InChI=1S/C23H23Cl2NO2/c1-16-3-5-17(6-4-16)13-26-14-18-8-10-22(23(12-18)27-2)28-15-19-7-9-20(24)21(25)11-19/h3-12,26H,13-15H2,1-2H3. The molecule has 0 fully saturated rings. The van der Waals surface area contributed by atoms with Crippen molar-refractivity contribution in [2.75, 3.05) is 7.11 Å². The number of nitrogens with one attached hydrogen (secondary N) is 1. The van der Waals surface area contributed by atoms with Crippen molar-refractivity contribution < 1.29 is 9.47 Å². The summed E-state index contributed by atoms with van der Waals surface area (Å²) in [6.45, 7) is 4.04. The Morgan fingerprint density at radius 1 is 0.750 bits per heavy atom. The molecule has 0 heterocycles. The number of hydrogen-bond donors (Lipinski definition) is 1. The van der Waals surface area contributed by atoms with Crippen molar-refractivity contribution in [3.8, 4) is 11.5 Å². The molecule has 5 heteroatoms. The first-order valence-corrected chi connectivity index (χ1v) is 9.80. The minimum Gasteiger partial charge on any atom is -0.493 e. The molecule has 0 atom stereocenters. The molecule has 3 rings (SSSR count). The van der Waals surface area contributed by atoms with Gasteiger partial charge in [0.1, 0.15) is 6.61 Å². The lowest BCUT2D eigenvalue weighted by molar-refractivity contribution is 0.284. The maximum Gasteiger partial charge on any atom is 0.161 e. The Balaban J connectivity index is 1.58. The van der Waals surface area contributed by atoms with Gasteiger partial charge in [0.25, 0.3) is 0 Å². The van der Waals surface area contributed by atoms with Gasteiger partial charge in [-0.25, -0.2) is 0 Å². The average Bonchev–Trinajstić information content (AvgIpc) is 2.71. The van der Waals surface area contributed by atoms with Crippen LogP contribution in [0.25, 0.3) is 0 Å². The minimum atomic E-state index is 0.387. The Morgan fingerprint density at radius 3 is 2.14 bits per heavy atom. The van der Waals surface area contributed by atoms with Crippen LogP contribution in [0.15, 0.2) is 60.7 Å². The molecule has 3 nitrogen and oxygen atoms in total. The molecule has 0 saturated heterocycles. The highest BCUT2D eigenvalue weighted by Gasteiger charge is 2.07. The fraction of sp³-hybridized carbons (Fsp3) is 0.217. The lowest BCUT2D eigenvalue weighted by Crippen LogP contribution is -2.12. The molecule has 0 radical (unpaired) electrons. The molecule has 0 aliphatic rings. The summed E-state index contributed by atoms with van der Waals surface area (Å²) < 4.78 is 11.4. The largest absolute Gasteiger partial charge is 0.493 e. The van der Waals surface area contributed by atoms with Gasteiger partial charge < -0.3 is 14.8 Å². The molecule has 3 aromatic carbocycles. The molecule has 28 heavy (non-hydrogen) atoms. The van der Waals surface area contributed by atoms with Crippen molar-refractivity contribution in [1.29, 1.82) is 0 Å². The normalized spacial score (nSPS) is 10.7. The number of rotatable bonds is 8. The van der Waals surface area contributed by atoms with E-state index in [2.05, 4.69) is 36.5 Å². The van der Waals surface area contributed by atoms with Crippen LogP contribution in [0.3, 0.4) is 0 Å². The lowest BCUT2D eigenvalue weighted by Gasteiger charge is -2.13. The summed E-state index contributed by atoms with van der Waals surface area (Å²) in [7, 11) is 1.64. The quantitative estimate of drug-likeness (QED) is 0.476. The Morgan fingerprint density at radius 2 is 1.43 bits per heavy atom. The van der Waals surface area contributed by atoms with E-state index in [-0.39, 0.29) is 0 Å². The molecule has 0 aromatic heterocycles. The van der Waals surface area contributed by atoms with E-state index in [4.69, 9.17) is 32.7 Å². The lowest BCUT2D eigenvalue weighted by atomic mass is 10.1. The second-order valence-corrected chi connectivity index (χ2v) is 7.43. The fourth-order valence-corrected chi connectivity index (χ4v) is 3.11. The zero-order chi connectivity index (χ0) is 19.9. The third-order valence-corrected chi connectivity index (χ3v) is 5.12. The average molecular weight is 416 g/mol. The number of methoxy groups -OCH3 is 1. The highest BCUT2D eigenvalue weighted by Crippen LogP contribution is 2.30. The molecule has 0 spiro atoms. The number of aryl methyl sites for hydroxylation is 1. The van der Waals surface area contributed by atoms with E-state index < -0.39 is 0 Å². The van der Waals surface area contributed by atoms with Gasteiger partial charge in [-0.3, -0.25) is 0 Å². The highest BCUT2D eigenvalue weighted by molar-refractivity contribution is 6.42. The molecular formula is C23H23Cl2NO2. The second kappa shape index (κ2) is 9.83. The SMILES string of the molecule is COc1cc(CNCc2ccc(C)cc2)ccc1OCc1ccc(Cl)c(Cl)c1. The maximum absolute atomic E-state index is 6.06. The first-order chi connectivity index (χ1) is 13.5. The van der Waals surface area contributed by atoms with Gasteiger partial charge in [0, 0.05) is 13.1 Å². The minimum absolute atomic E-state index is 0.387. The van der Waals surface area contributed by atoms with E-state index in [1.54, 1.807) is 19.2 Å². The predicted octanol–water partition coefficient (Wildman–Crippen LogP) is 6.18. The molecule has 0 aliphatic carbocycles. The van der Waals surface area contributed by atoms with Crippen LogP contribution >= 0.6 is 23.2 Å². The van der Waals surface area contributed by atoms with Crippen molar-refractivity contribution >= 4 is 23.2 Å². The van der Waals surface area contributed by atoms with E-state index >= 15 is 0 Å². The first kappa shape index (κ1) is 20.5. The summed E-state index contributed by atoms with van der Waals surface area (Å²) in [6, 6.07) is 20.0. The fourth-order valence-electron chi connectivity index (χ4n) is 2.79. The second-order valence-electron chi connectivity index (χ2n) is 6.61. The third-order valence-electron chi connectivity index (χ3n) is 4.39. The summed E-state index contributed by atoms with van der Waals surface area (Å²) in [5, 5.41) is 4.51. The van der Waals surface area contributed by atoms with Gasteiger partial charge in [-0.05, 0) is 47.9 Å². The summed E-state index contributed by atoms with van der Waals surface area (Å²) in [5.41, 5.74) is 4.61. The van der Waals surface area contributed by atoms with E-state index in [1.807, 2.05) is 24.3 Å². The number of hydrogen-bond acceptors (Lipinski definition) is 3. The van der Waals surface area contributed by atoms with Crippen molar-refractivity contribution in [3.05, 3.63) is 93.0 Å². The van der Waals surface area contributed by atoms with Crippen LogP contribution in [-0.2, 0) is 19.7 Å². The summed E-state index contributed by atoms with van der Waals surface area (Å²) in [4.78, 5) is 0. The predicted molar refractivity (Wildman–Crippen MR) is 116 cm³/mol. The van der Waals surface area contributed by atoms with Crippen LogP contribution in [0, 0.1) is 6.92 Å². The molecule has 0 saturated carbocycles. The summed E-state index contributed by atoms with van der Waals surface area (Å²) in [5.74, 6) is 1.39. The Hall–Kier alpha value is -2.20. The molecule has 3 aromatic rings. The molecule has 1 N–H and O–H groups in total. The van der Waals surface area contributed by atoms with Crippen LogP contribution < -0.4 is 14.8 Å². The van der Waals surface area contributed by atoms with Crippen molar-refractivity contribution in [1.82, 2.24) is 5.32 Å². The number of halogens is 2. The van der Waals surface area contributed by atoms with Gasteiger partial charge >= 0.3 is 0 Å². The van der Waals surface area contributed by atoms with Crippen molar-refractivity contribution in [3.63, 3.8) is 0 Å². The van der Waals surface area contributed by atoms with E-state index in [0.29, 0.717) is 28.2 Å². The summed E-state index contributed by atoms with van der Waals surface area (Å²) in [6.07, 6.45) is 0. The van der Waals surface area contributed by atoms with Gasteiger partial charge in [0.15, 0.2) is 11.5 Å². The van der Waals surface area contributed by atoms with Crippen LogP contribution in [0.1, 0.15) is 22.3 Å². The molecular weight excluding hydrogens is 393 g/mol. The number of ether oxygens (including phenoxy) is 2. The van der Waals surface area contributed by atoms with Gasteiger partial charge in [-0.1, -0.05) is 65.2 Å². The molecule has 0 bridgehead atoms. The summed E-state index contributed by atoms with van der Waals surface area (Å²) >= 11 is 12.0. The molecule has 146 valence electrons. The van der Waals surface area contributed by atoms with Gasteiger partial charge in [-0.2, -0.15) is 0 Å². The van der Waals surface area contributed by atoms with Crippen LogP contribution in [-0.4, -0.2) is 7.11 Å². The van der Waals surface area contributed by atoms with Crippen LogP contribution in [0.2, 0.25) is 10.0 Å². The monoisotopic (exact) mass is 415 g/mol. The van der Waals surface area contributed by atoms with E-state index in [1.165, 1.54) is 11.1 Å². The van der Waals surface area contributed by atoms with E-state index in [9.17, 15) is 0 Å². The Kier molecular flexibility index (Phi) is 7.21. The first-order valence-electron chi connectivity index (χ1n) is 9.05. The molecule has 0 amide bonds. The zero-order valence-electron chi connectivity index (χ0n) is 16.0. The van der Waals surface area contributed by atoms with Gasteiger partial charge in [0.05, 0.1) is 17.2 Å². The van der Waals surface area contributed by atoms with Gasteiger partial charge in [0.2, 0.25) is 0 Å². The maximum atomic E-state index is 6.06. The Bertz CT molecular complexity index is 926. The van der Waals surface area contributed by atoms with Crippen molar-refractivity contribution in [2.45, 2.75) is 26.6 Å². The van der Waals surface area contributed by atoms with Crippen molar-refractivity contribution in [2.24, 2.45) is 0 Å². The smallest absolute Gasteiger partial charge is 0.161 e. The zero-order valence-corrected chi connectivity index (χ0v) is 17.5. The third kappa shape index (κ3) is 5.65. The van der Waals surface area contributed by atoms with Crippen LogP contribution in [0.5, 0.6) is 11.5 Å². The molecule has 0 unspecified atom stereocenters. The number of benzene rings is 3. The Labute approximate surface area is 176 Å². The highest BCUT2D eigenvalue weighted by atomic mass is 35.5. The van der Waals surface area contributed by atoms with Crippen LogP contribution in [0.4, 0.5) is 0 Å². The molecule has 0 aliphatic heterocycles. The van der Waals surface area contributed by atoms with Gasteiger partial charge in [-0.15, -0.1) is 0 Å².